The van der Waals surface area contributed by atoms with Crippen molar-refractivity contribution in [1.29, 1.82) is 0 Å². The second-order valence-electron chi connectivity index (χ2n) is 7.69. The monoisotopic (exact) mass is 446 g/mol. The Labute approximate surface area is 192 Å². The number of aromatic nitrogens is 1. The maximum absolute atomic E-state index is 10.9. The van der Waals surface area contributed by atoms with Gasteiger partial charge in [-0.25, -0.2) is 0 Å². The number of nitro benzene ring substituents is 1. The van der Waals surface area contributed by atoms with Crippen LogP contribution < -0.4 is 0 Å². The molecule has 7 heteroatoms. The second kappa shape index (κ2) is 11.2. The summed E-state index contributed by atoms with van der Waals surface area (Å²) in [4.78, 5) is 14.8. The fourth-order valence-corrected chi connectivity index (χ4v) is 3.61. The molecule has 170 valence electrons. The molecule has 1 heterocycles. The fraction of sp³-hybridized carbons (Fsp3) is 0.192. The second-order valence-corrected chi connectivity index (χ2v) is 7.69. The molecule has 0 unspecified atom stereocenters. The zero-order chi connectivity index (χ0) is 23.8. The van der Waals surface area contributed by atoms with Gasteiger partial charge in [-0.15, -0.1) is 6.58 Å². The number of nitro groups is 1. The van der Waals surface area contributed by atoms with Gasteiger partial charge >= 0.3 is 0 Å². The van der Waals surface area contributed by atoms with E-state index in [0.29, 0.717) is 18.4 Å². The van der Waals surface area contributed by atoms with Crippen molar-refractivity contribution in [1.82, 2.24) is 4.98 Å². The third-order valence-electron chi connectivity index (χ3n) is 5.46. The standard InChI is InChI=1S/C26H26N2O5/c1-2-23(26(31)19-8-11-21(12-9-19)28(32)33)25(30)15-10-20(24-5-3-4-16-27-24)17-18-6-13-22(29)14-7-18/h2-9,11-14,16-17,23,25-26,29-31H,1,10,15H2/b20-17-/t23-,25-,26-/m1/s1. The summed E-state index contributed by atoms with van der Waals surface area (Å²) in [6, 6.07) is 18.0. The van der Waals surface area contributed by atoms with Crippen molar-refractivity contribution < 1.29 is 20.2 Å². The largest absolute Gasteiger partial charge is 0.508 e. The van der Waals surface area contributed by atoms with E-state index in [2.05, 4.69) is 11.6 Å². The lowest BCUT2D eigenvalue weighted by molar-refractivity contribution is -0.384. The van der Waals surface area contributed by atoms with Gasteiger partial charge in [-0.1, -0.05) is 24.3 Å². The highest BCUT2D eigenvalue weighted by Gasteiger charge is 2.26. The number of aliphatic hydroxyl groups is 2. The molecular formula is C26H26N2O5. The summed E-state index contributed by atoms with van der Waals surface area (Å²) < 4.78 is 0. The van der Waals surface area contributed by atoms with E-state index in [-0.39, 0.29) is 11.4 Å². The highest BCUT2D eigenvalue weighted by atomic mass is 16.6. The molecule has 7 nitrogen and oxygen atoms in total. The minimum Gasteiger partial charge on any atom is -0.508 e. The van der Waals surface area contributed by atoms with Crippen molar-refractivity contribution in [2.24, 2.45) is 5.92 Å². The fourth-order valence-electron chi connectivity index (χ4n) is 3.61. The van der Waals surface area contributed by atoms with Gasteiger partial charge < -0.3 is 15.3 Å². The Kier molecular flexibility index (Phi) is 8.07. The first-order valence-corrected chi connectivity index (χ1v) is 10.5. The zero-order valence-electron chi connectivity index (χ0n) is 18.0. The van der Waals surface area contributed by atoms with Gasteiger partial charge in [0.05, 0.1) is 22.8 Å². The van der Waals surface area contributed by atoms with Crippen LogP contribution in [0.2, 0.25) is 0 Å². The van der Waals surface area contributed by atoms with Crippen LogP contribution in [0.5, 0.6) is 5.75 Å². The molecule has 0 fully saturated rings. The molecule has 2 aromatic carbocycles. The van der Waals surface area contributed by atoms with Gasteiger partial charge in [0.15, 0.2) is 0 Å². The topological polar surface area (TPSA) is 117 Å². The number of hydrogen-bond donors (Lipinski definition) is 3. The highest BCUT2D eigenvalue weighted by Crippen LogP contribution is 2.31. The lowest BCUT2D eigenvalue weighted by atomic mass is 9.87. The molecule has 0 saturated carbocycles. The third kappa shape index (κ3) is 6.35. The van der Waals surface area contributed by atoms with Crippen LogP contribution in [0.3, 0.4) is 0 Å². The van der Waals surface area contributed by atoms with Crippen LogP contribution in [0.25, 0.3) is 11.6 Å². The van der Waals surface area contributed by atoms with Crippen LogP contribution in [0.15, 0.2) is 85.6 Å². The predicted octanol–water partition coefficient (Wildman–Crippen LogP) is 4.91. The summed E-state index contributed by atoms with van der Waals surface area (Å²) in [6.07, 6.45) is 4.00. The number of rotatable bonds is 10. The van der Waals surface area contributed by atoms with Gasteiger partial charge in [-0.05, 0) is 72.0 Å². The summed E-state index contributed by atoms with van der Waals surface area (Å²) >= 11 is 0. The molecular weight excluding hydrogens is 420 g/mol. The number of phenolic OH excluding ortho intramolecular Hbond substituents is 1. The molecule has 0 amide bonds. The van der Waals surface area contributed by atoms with E-state index >= 15 is 0 Å². The SMILES string of the molecule is C=C[C@H]([C@H](O)CC/C(=C/c1ccc(O)cc1)c1ccccn1)[C@H](O)c1ccc([N+](=O)[O-])cc1. The van der Waals surface area contributed by atoms with Crippen LogP contribution >= 0.6 is 0 Å². The number of benzene rings is 2. The number of allylic oxidation sites excluding steroid dienone is 1. The first-order chi connectivity index (χ1) is 15.9. The lowest BCUT2D eigenvalue weighted by Gasteiger charge is -2.25. The molecule has 0 bridgehead atoms. The number of phenols is 1. The average Bonchev–Trinajstić information content (AvgIpc) is 2.84. The normalized spacial score (nSPS) is 14.3. The van der Waals surface area contributed by atoms with Gasteiger partial charge in [0.2, 0.25) is 0 Å². The van der Waals surface area contributed by atoms with Crippen LogP contribution in [0.4, 0.5) is 5.69 Å². The van der Waals surface area contributed by atoms with Crippen LogP contribution in [-0.4, -0.2) is 31.3 Å². The van der Waals surface area contributed by atoms with E-state index in [1.807, 2.05) is 24.3 Å². The highest BCUT2D eigenvalue weighted by molar-refractivity contribution is 5.80. The number of aromatic hydroxyl groups is 1. The maximum atomic E-state index is 10.9. The van der Waals surface area contributed by atoms with Crippen LogP contribution in [0.1, 0.15) is 35.8 Å². The van der Waals surface area contributed by atoms with Crippen molar-refractivity contribution >= 4 is 17.3 Å². The van der Waals surface area contributed by atoms with Gasteiger partial charge in [0, 0.05) is 24.2 Å². The Morgan fingerprint density at radius 1 is 1.06 bits per heavy atom. The van der Waals surface area contributed by atoms with Crippen molar-refractivity contribution in [3.63, 3.8) is 0 Å². The molecule has 3 N–H and O–H groups in total. The summed E-state index contributed by atoms with van der Waals surface area (Å²) in [5, 5.41) is 42.0. The van der Waals surface area contributed by atoms with Gasteiger partial charge in [0.1, 0.15) is 5.75 Å². The number of nitrogens with zero attached hydrogens (tertiary/aromatic N) is 2. The van der Waals surface area contributed by atoms with Gasteiger partial charge in [-0.2, -0.15) is 0 Å². The van der Waals surface area contributed by atoms with Crippen LogP contribution in [-0.2, 0) is 0 Å². The molecule has 0 aliphatic heterocycles. The third-order valence-corrected chi connectivity index (χ3v) is 5.46. The summed E-state index contributed by atoms with van der Waals surface area (Å²) in [5.74, 6) is -0.485. The molecule has 33 heavy (non-hydrogen) atoms. The molecule has 1 aromatic heterocycles. The minimum absolute atomic E-state index is 0.0685. The van der Waals surface area contributed by atoms with E-state index < -0.39 is 23.0 Å². The number of hydrogen-bond acceptors (Lipinski definition) is 6. The molecule has 3 aromatic rings. The first-order valence-electron chi connectivity index (χ1n) is 10.5. The maximum Gasteiger partial charge on any atom is 0.269 e. The number of aliphatic hydroxyl groups excluding tert-OH is 2. The summed E-state index contributed by atoms with van der Waals surface area (Å²) in [5.41, 5.74) is 2.95. The molecule has 0 saturated heterocycles. The smallest absolute Gasteiger partial charge is 0.269 e. The van der Waals surface area contributed by atoms with Gasteiger partial charge in [-0.3, -0.25) is 15.1 Å². The summed E-state index contributed by atoms with van der Waals surface area (Å²) in [6.45, 7) is 3.76. The quantitative estimate of drug-likeness (QED) is 0.231. The Bertz CT molecular complexity index is 1100. The minimum atomic E-state index is -1.06. The molecule has 3 atom stereocenters. The molecule has 0 radical (unpaired) electrons. The molecule has 0 spiro atoms. The number of pyridine rings is 1. The Hall–Kier alpha value is -3.81. The molecule has 0 aliphatic carbocycles. The van der Waals surface area contributed by atoms with E-state index in [1.54, 1.807) is 30.5 Å². The summed E-state index contributed by atoms with van der Waals surface area (Å²) in [7, 11) is 0. The van der Waals surface area contributed by atoms with E-state index in [9.17, 15) is 25.4 Å². The lowest BCUT2D eigenvalue weighted by Crippen LogP contribution is -2.25. The number of non-ortho nitro benzene ring substituents is 1. The van der Waals surface area contributed by atoms with Crippen LogP contribution in [0, 0.1) is 16.0 Å². The molecule has 3 rings (SSSR count). The van der Waals surface area contributed by atoms with E-state index in [1.165, 1.54) is 30.3 Å². The van der Waals surface area contributed by atoms with E-state index in [0.717, 1.165) is 16.8 Å². The predicted molar refractivity (Wildman–Crippen MR) is 127 cm³/mol. The average molecular weight is 447 g/mol. The Balaban J connectivity index is 1.76. The Morgan fingerprint density at radius 2 is 1.76 bits per heavy atom. The first kappa shape index (κ1) is 23.8. The van der Waals surface area contributed by atoms with E-state index in [4.69, 9.17) is 0 Å². The Morgan fingerprint density at radius 3 is 2.33 bits per heavy atom. The van der Waals surface area contributed by atoms with Gasteiger partial charge in [0.25, 0.3) is 5.69 Å². The van der Waals surface area contributed by atoms with Crippen molar-refractivity contribution in [2.75, 3.05) is 0 Å². The van der Waals surface area contributed by atoms with Crippen molar-refractivity contribution in [3.8, 4) is 5.75 Å². The molecule has 0 aliphatic rings. The zero-order valence-corrected chi connectivity index (χ0v) is 18.0. The van der Waals surface area contributed by atoms with Crippen molar-refractivity contribution in [2.45, 2.75) is 25.0 Å². The van der Waals surface area contributed by atoms with Crippen molar-refractivity contribution in [3.05, 3.63) is 113 Å².